The molecule has 134 valence electrons. The first-order chi connectivity index (χ1) is 12.7. The molecule has 1 fully saturated rings. The van der Waals surface area contributed by atoms with Gasteiger partial charge in [-0.1, -0.05) is 42.5 Å². The monoisotopic (exact) mass is 347 g/mol. The minimum absolute atomic E-state index is 0.139. The normalized spacial score (nSPS) is 17.8. The van der Waals surface area contributed by atoms with Crippen LogP contribution in [0.1, 0.15) is 16.7 Å². The molecule has 4 rings (SSSR count). The number of aryl methyl sites for hydroxylation is 1. The zero-order valence-corrected chi connectivity index (χ0v) is 15.2. The summed E-state index contributed by atoms with van der Waals surface area (Å²) in [6.45, 7) is 4.56. The average molecular weight is 347 g/mol. The van der Waals surface area contributed by atoms with Crippen molar-refractivity contribution < 1.29 is 4.79 Å². The van der Waals surface area contributed by atoms with E-state index in [2.05, 4.69) is 53.6 Å². The van der Waals surface area contributed by atoms with Gasteiger partial charge < -0.3 is 15.2 Å². The molecular weight excluding hydrogens is 322 g/mol. The van der Waals surface area contributed by atoms with Crippen molar-refractivity contribution in [3.8, 4) is 0 Å². The summed E-state index contributed by atoms with van der Waals surface area (Å²) in [6, 6.07) is 16.5. The summed E-state index contributed by atoms with van der Waals surface area (Å²) < 4.78 is 0. The number of hydrogen-bond donors (Lipinski definition) is 2. The van der Waals surface area contributed by atoms with Gasteiger partial charge in [0.1, 0.15) is 0 Å². The maximum absolute atomic E-state index is 12.9. The molecule has 1 aliphatic rings. The second-order valence-electron chi connectivity index (χ2n) is 7.07. The molecule has 2 aromatic carbocycles. The number of nitrogens with one attached hydrogen (secondary N) is 2. The van der Waals surface area contributed by atoms with Crippen LogP contribution in [0.15, 0.2) is 54.7 Å². The van der Waals surface area contributed by atoms with Crippen molar-refractivity contribution in [2.24, 2.45) is 0 Å². The highest BCUT2D eigenvalue weighted by Gasteiger charge is 2.28. The summed E-state index contributed by atoms with van der Waals surface area (Å²) in [5.41, 5.74) is 4.95. The SMILES string of the molecule is Cc1ccccc1CCN1CCNC(Cc2c[nH]c3ccccc23)C1=O. The van der Waals surface area contributed by atoms with Crippen molar-refractivity contribution in [3.63, 3.8) is 0 Å². The van der Waals surface area contributed by atoms with Crippen molar-refractivity contribution in [2.45, 2.75) is 25.8 Å². The van der Waals surface area contributed by atoms with Crippen LogP contribution in [0.4, 0.5) is 0 Å². The van der Waals surface area contributed by atoms with Crippen LogP contribution in [0.5, 0.6) is 0 Å². The third-order valence-electron chi connectivity index (χ3n) is 5.39. The van der Waals surface area contributed by atoms with E-state index in [-0.39, 0.29) is 11.9 Å². The smallest absolute Gasteiger partial charge is 0.240 e. The van der Waals surface area contributed by atoms with Crippen LogP contribution in [-0.4, -0.2) is 41.5 Å². The fraction of sp³-hybridized carbons (Fsp3) is 0.318. The van der Waals surface area contributed by atoms with Gasteiger partial charge in [0.25, 0.3) is 0 Å². The van der Waals surface area contributed by atoms with Crippen molar-refractivity contribution in [3.05, 3.63) is 71.4 Å². The zero-order chi connectivity index (χ0) is 17.9. The number of benzene rings is 2. The number of carbonyl (C=O) groups is 1. The van der Waals surface area contributed by atoms with Crippen molar-refractivity contribution in [2.75, 3.05) is 19.6 Å². The number of carbonyl (C=O) groups excluding carboxylic acids is 1. The van der Waals surface area contributed by atoms with Crippen LogP contribution in [0, 0.1) is 6.92 Å². The second-order valence-corrected chi connectivity index (χ2v) is 7.07. The molecule has 1 aliphatic heterocycles. The number of nitrogens with zero attached hydrogens (tertiary/aromatic N) is 1. The topological polar surface area (TPSA) is 48.1 Å². The number of aromatic nitrogens is 1. The standard InChI is InChI=1S/C22H25N3O/c1-16-6-2-3-7-17(16)10-12-25-13-11-23-21(22(25)26)14-18-15-24-20-9-5-4-8-19(18)20/h2-9,15,21,23-24H,10-14H2,1H3. The van der Waals surface area contributed by atoms with Gasteiger partial charge in [0, 0.05) is 36.7 Å². The molecule has 3 aromatic rings. The Morgan fingerprint density at radius 2 is 1.88 bits per heavy atom. The summed E-state index contributed by atoms with van der Waals surface area (Å²) in [6.07, 6.45) is 3.67. The maximum Gasteiger partial charge on any atom is 0.240 e. The van der Waals surface area contributed by atoms with Gasteiger partial charge in [0.2, 0.25) is 5.91 Å². The van der Waals surface area contributed by atoms with Crippen molar-refractivity contribution in [1.82, 2.24) is 15.2 Å². The van der Waals surface area contributed by atoms with Gasteiger partial charge in [-0.15, -0.1) is 0 Å². The molecule has 0 saturated carbocycles. The third-order valence-corrected chi connectivity index (χ3v) is 5.39. The molecule has 1 amide bonds. The van der Waals surface area contributed by atoms with E-state index in [1.807, 2.05) is 23.2 Å². The lowest BCUT2D eigenvalue weighted by Crippen LogP contribution is -2.56. The maximum atomic E-state index is 12.9. The third kappa shape index (κ3) is 3.37. The predicted molar refractivity (Wildman–Crippen MR) is 105 cm³/mol. The molecule has 2 N–H and O–H groups in total. The van der Waals surface area contributed by atoms with E-state index >= 15 is 0 Å². The minimum atomic E-state index is -0.139. The molecule has 1 aromatic heterocycles. The van der Waals surface area contributed by atoms with Crippen LogP contribution in [0.3, 0.4) is 0 Å². The van der Waals surface area contributed by atoms with E-state index in [9.17, 15) is 4.79 Å². The average Bonchev–Trinajstić information content (AvgIpc) is 3.07. The van der Waals surface area contributed by atoms with E-state index in [0.29, 0.717) is 0 Å². The molecule has 0 aliphatic carbocycles. The molecule has 0 bridgehead atoms. The molecule has 0 radical (unpaired) electrons. The molecule has 1 saturated heterocycles. The first-order valence-electron chi connectivity index (χ1n) is 9.34. The van der Waals surface area contributed by atoms with Gasteiger partial charge in [0.15, 0.2) is 0 Å². The lowest BCUT2D eigenvalue weighted by molar-refractivity contribution is -0.135. The predicted octanol–water partition coefficient (Wildman–Crippen LogP) is 3.06. The van der Waals surface area contributed by atoms with E-state index in [0.717, 1.165) is 38.0 Å². The Morgan fingerprint density at radius 1 is 1.08 bits per heavy atom. The molecular formula is C22H25N3O. The van der Waals surface area contributed by atoms with Crippen molar-refractivity contribution >= 4 is 16.8 Å². The number of H-pyrrole nitrogens is 1. The highest BCUT2D eigenvalue weighted by atomic mass is 16.2. The van der Waals surface area contributed by atoms with E-state index in [4.69, 9.17) is 0 Å². The summed E-state index contributed by atoms with van der Waals surface area (Å²) in [5, 5.41) is 4.61. The lowest BCUT2D eigenvalue weighted by Gasteiger charge is -2.33. The molecule has 1 atom stereocenters. The Hall–Kier alpha value is -2.59. The number of amides is 1. The zero-order valence-electron chi connectivity index (χ0n) is 15.2. The number of para-hydroxylation sites is 1. The van der Waals surface area contributed by atoms with Gasteiger partial charge in [0.05, 0.1) is 6.04 Å². The molecule has 0 spiro atoms. The first kappa shape index (κ1) is 16.9. The Kier molecular flexibility index (Phi) is 4.76. The number of aromatic amines is 1. The highest BCUT2D eigenvalue weighted by Crippen LogP contribution is 2.20. The van der Waals surface area contributed by atoms with Gasteiger partial charge in [-0.2, -0.15) is 0 Å². The quantitative estimate of drug-likeness (QED) is 0.745. The van der Waals surface area contributed by atoms with Crippen LogP contribution < -0.4 is 5.32 Å². The molecule has 4 nitrogen and oxygen atoms in total. The fourth-order valence-corrected chi connectivity index (χ4v) is 3.84. The Bertz CT molecular complexity index is 914. The van der Waals surface area contributed by atoms with Crippen LogP contribution >= 0.6 is 0 Å². The second kappa shape index (κ2) is 7.34. The van der Waals surface area contributed by atoms with Gasteiger partial charge in [-0.05, 0) is 42.5 Å². The van der Waals surface area contributed by atoms with Crippen LogP contribution in [0.25, 0.3) is 10.9 Å². The summed E-state index contributed by atoms with van der Waals surface area (Å²) in [4.78, 5) is 18.3. The van der Waals surface area contributed by atoms with Gasteiger partial charge >= 0.3 is 0 Å². The Balaban J connectivity index is 1.43. The summed E-state index contributed by atoms with van der Waals surface area (Å²) >= 11 is 0. The van der Waals surface area contributed by atoms with E-state index in [1.165, 1.54) is 22.1 Å². The highest BCUT2D eigenvalue weighted by molar-refractivity contribution is 5.86. The number of rotatable bonds is 5. The van der Waals surface area contributed by atoms with Gasteiger partial charge in [-0.25, -0.2) is 0 Å². The number of fused-ring (bicyclic) bond motifs is 1. The molecule has 2 heterocycles. The van der Waals surface area contributed by atoms with Crippen LogP contribution in [-0.2, 0) is 17.6 Å². The summed E-state index contributed by atoms with van der Waals surface area (Å²) in [7, 11) is 0. The Labute approximate surface area is 154 Å². The number of piperazine rings is 1. The number of hydrogen-bond acceptors (Lipinski definition) is 2. The largest absolute Gasteiger partial charge is 0.361 e. The molecule has 1 unspecified atom stereocenters. The minimum Gasteiger partial charge on any atom is -0.361 e. The van der Waals surface area contributed by atoms with Gasteiger partial charge in [-0.3, -0.25) is 4.79 Å². The Morgan fingerprint density at radius 3 is 2.77 bits per heavy atom. The van der Waals surface area contributed by atoms with Crippen molar-refractivity contribution in [1.29, 1.82) is 0 Å². The summed E-state index contributed by atoms with van der Waals surface area (Å²) in [5.74, 6) is 0.218. The molecule has 26 heavy (non-hydrogen) atoms. The van der Waals surface area contributed by atoms with Crippen LogP contribution in [0.2, 0.25) is 0 Å². The van der Waals surface area contributed by atoms with E-state index in [1.54, 1.807) is 0 Å². The fourth-order valence-electron chi connectivity index (χ4n) is 3.84. The first-order valence-corrected chi connectivity index (χ1v) is 9.34. The van der Waals surface area contributed by atoms with E-state index < -0.39 is 0 Å². The lowest BCUT2D eigenvalue weighted by atomic mass is 10.0. The molecule has 4 heteroatoms.